The molecule has 0 aliphatic rings. The highest BCUT2D eigenvalue weighted by Gasteiger charge is 2.21. The smallest absolute Gasteiger partial charge is 0.244 e. The maximum absolute atomic E-state index is 12.7. The lowest BCUT2D eigenvalue weighted by atomic mass is 10.2. The third-order valence-corrected chi connectivity index (χ3v) is 5.29. The number of hydrogen-bond donors (Lipinski definition) is 1. The van der Waals surface area contributed by atoms with Crippen LogP contribution in [0, 0.1) is 0 Å². The van der Waals surface area contributed by atoms with Gasteiger partial charge in [0.1, 0.15) is 22.1 Å². The van der Waals surface area contributed by atoms with Crippen LogP contribution in [0.3, 0.4) is 0 Å². The Morgan fingerprint density at radius 2 is 1.75 bits per heavy atom. The van der Waals surface area contributed by atoms with E-state index in [1.54, 1.807) is 37.4 Å². The van der Waals surface area contributed by atoms with Crippen LogP contribution in [0.4, 0.5) is 0 Å². The summed E-state index contributed by atoms with van der Waals surface area (Å²) < 4.78 is 48.3. The first-order valence-electron chi connectivity index (χ1n) is 8.15. The van der Waals surface area contributed by atoms with Crippen LogP contribution in [0.1, 0.15) is 5.89 Å². The number of rotatable bonds is 8. The number of sulfonamides is 1. The van der Waals surface area contributed by atoms with Crippen molar-refractivity contribution in [3.8, 4) is 28.6 Å². The third kappa shape index (κ3) is 4.24. The topological polar surface area (TPSA) is 113 Å². The highest BCUT2D eigenvalue weighted by atomic mass is 32.2. The van der Waals surface area contributed by atoms with Crippen molar-refractivity contribution >= 4 is 10.0 Å². The molecule has 0 saturated carbocycles. The molecule has 0 amide bonds. The zero-order valence-electron chi connectivity index (χ0n) is 15.5. The monoisotopic (exact) mass is 405 g/mol. The summed E-state index contributed by atoms with van der Waals surface area (Å²) in [5.74, 6) is 1.67. The van der Waals surface area contributed by atoms with Crippen LogP contribution in [0.15, 0.2) is 51.9 Å². The Bertz CT molecular complexity index is 1060. The summed E-state index contributed by atoms with van der Waals surface area (Å²) in [7, 11) is 0.492. The summed E-state index contributed by atoms with van der Waals surface area (Å²) in [5, 5.41) is 3.88. The molecule has 1 aromatic heterocycles. The number of aromatic nitrogens is 2. The van der Waals surface area contributed by atoms with Crippen molar-refractivity contribution in [3.63, 3.8) is 0 Å². The van der Waals surface area contributed by atoms with Gasteiger partial charge < -0.3 is 18.7 Å². The van der Waals surface area contributed by atoms with E-state index in [9.17, 15) is 8.42 Å². The van der Waals surface area contributed by atoms with E-state index in [0.717, 1.165) is 0 Å². The van der Waals surface area contributed by atoms with Crippen molar-refractivity contribution < 1.29 is 27.2 Å². The van der Waals surface area contributed by atoms with Gasteiger partial charge in [0.05, 0.1) is 27.9 Å². The van der Waals surface area contributed by atoms with Gasteiger partial charge in [0, 0.05) is 11.6 Å². The Balaban J connectivity index is 1.78. The molecule has 0 spiro atoms. The molecule has 10 heteroatoms. The van der Waals surface area contributed by atoms with Gasteiger partial charge in [-0.15, -0.1) is 0 Å². The van der Waals surface area contributed by atoms with Gasteiger partial charge in [-0.2, -0.15) is 4.98 Å². The molecule has 0 fully saturated rings. The van der Waals surface area contributed by atoms with Gasteiger partial charge >= 0.3 is 0 Å². The first kappa shape index (κ1) is 19.6. The molecule has 1 heterocycles. The van der Waals surface area contributed by atoms with Gasteiger partial charge in [0.25, 0.3) is 0 Å². The van der Waals surface area contributed by atoms with Crippen molar-refractivity contribution in [2.24, 2.45) is 0 Å². The molecule has 1 N–H and O–H groups in total. The van der Waals surface area contributed by atoms with Crippen LogP contribution in [0.5, 0.6) is 17.2 Å². The zero-order valence-corrected chi connectivity index (χ0v) is 16.3. The number of methoxy groups -OCH3 is 3. The van der Waals surface area contributed by atoms with E-state index in [2.05, 4.69) is 14.9 Å². The predicted molar refractivity (Wildman–Crippen MR) is 99.9 cm³/mol. The SMILES string of the molecule is COc1cccc(-c2noc(CNS(=O)(=O)c3cc(OC)ccc3OC)n2)c1. The fourth-order valence-corrected chi connectivity index (χ4v) is 3.59. The average molecular weight is 405 g/mol. The minimum atomic E-state index is -3.90. The molecule has 3 aromatic rings. The predicted octanol–water partition coefficient (Wildman–Crippen LogP) is 2.24. The zero-order chi connectivity index (χ0) is 20.1. The Labute approximate surface area is 162 Å². The molecular formula is C18H19N3O6S. The molecule has 0 radical (unpaired) electrons. The van der Waals surface area contributed by atoms with E-state index >= 15 is 0 Å². The lowest BCUT2D eigenvalue weighted by Gasteiger charge is -2.11. The van der Waals surface area contributed by atoms with Crippen molar-refractivity contribution in [1.29, 1.82) is 0 Å². The lowest BCUT2D eigenvalue weighted by Crippen LogP contribution is -2.24. The molecule has 148 valence electrons. The number of hydrogen-bond acceptors (Lipinski definition) is 8. The molecule has 0 saturated heterocycles. The third-order valence-electron chi connectivity index (χ3n) is 3.87. The summed E-state index contributed by atoms with van der Waals surface area (Å²) in [4.78, 5) is 4.16. The Morgan fingerprint density at radius 3 is 2.46 bits per heavy atom. The minimum absolute atomic E-state index is 0.0538. The summed E-state index contributed by atoms with van der Waals surface area (Å²) in [6.07, 6.45) is 0. The van der Waals surface area contributed by atoms with Gasteiger partial charge in [0.15, 0.2) is 0 Å². The summed E-state index contributed by atoms with van der Waals surface area (Å²) >= 11 is 0. The Hall–Kier alpha value is -3.11. The van der Waals surface area contributed by atoms with E-state index in [-0.39, 0.29) is 23.1 Å². The fraction of sp³-hybridized carbons (Fsp3) is 0.222. The molecule has 0 aliphatic carbocycles. The van der Waals surface area contributed by atoms with E-state index in [1.165, 1.54) is 26.4 Å². The Kier molecular flexibility index (Phi) is 5.81. The van der Waals surface area contributed by atoms with Crippen LogP contribution in [-0.2, 0) is 16.6 Å². The highest BCUT2D eigenvalue weighted by molar-refractivity contribution is 7.89. The number of ether oxygens (including phenoxy) is 3. The maximum Gasteiger partial charge on any atom is 0.244 e. The van der Waals surface area contributed by atoms with Crippen molar-refractivity contribution in [3.05, 3.63) is 48.4 Å². The van der Waals surface area contributed by atoms with Crippen LogP contribution >= 0.6 is 0 Å². The maximum atomic E-state index is 12.7. The largest absolute Gasteiger partial charge is 0.497 e. The quantitative estimate of drug-likeness (QED) is 0.607. The van der Waals surface area contributed by atoms with Gasteiger partial charge in [-0.05, 0) is 24.3 Å². The second-order valence-corrected chi connectivity index (χ2v) is 7.32. The molecule has 0 unspecified atom stereocenters. The summed E-state index contributed by atoms with van der Waals surface area (Å²) in [6, 6.07) is 11.6. The standard InChI is InChI=1S/C18H19N3O6S/c1-24-13-6-4-5-12(9-13)18-20-17(27-21-18)11-19-28(22,23)16-10-14(25-2)7-8-15(16)26-3/h4-10,19H,11H2,1-3H3. The average Bonchev–Trinajstić information content (AvgIpc) is 3.21. The fourth-order valence-electron chi connectivity index (χ4n) is 2.43. The molecule has 3 rings (SSSR count). The van der Waals surface area contributed by atoms with Crippen LogP contribution < -0.4 is 18.9 Å². The van der Waals surface area contributed by atoms with Crippen LogP contribution in [0.25, 0.3) is 11.4 Å². The molecule has 0 aliphatic heterocycles. The van der Waals surface area contributed by atoms with Crippen molar-refractivity contribution in [2.75, 3.05) is 21.3 Å². The molecule has 9 nitrogen and oxygen atoms in total. The minimum Gasteiger partial charge on any atom is -0.497 e. The summed E-state index contributed by atoms with van der Waals surface area (Å²) in [5.41, 5.74) is 0.687. The number of nitrogens with zero attached hydrogens (tertiary/aromatic N) is 2. The van der Waals surface area contributed by atoms with E-state index < -0.39 is 10.0 Å². The van der Waals surface area contributed by atoms with E-state index in [4.69, 9.17) is 18.7 Å². The number of nitrogens with one attached hydrogen (secondary N) is 1. The van der Waals surface area contributed by atoms with Gasteiger partial charge in [-0.3, -0.25) is 0 Å². The van der Waals surface area contributed by atoms with Crippen molar-refractivity contribution in [1.82, 2.24) is 14.9 Å². The van der Waals surface area contributed by atoms with Crippen LogP contribution in [-0.4, -0.2) is 39.9 Å². The van der Waals surface area contributed by atoms with Gasteiger partial charge in [-0.25, -0.2) is 13.1 Å². The molecule has 28 heavy (non-hydrogen) atoms. The van der Waals surface area contributed by atoms with Gasteiger partial charge in [0.2, 0.25) is 21.7 Å². The first-order chi connectivity index (χ1) is 13.5. The highest BCUT2D eigenvalue weighted by Crippen LogP contribution is 2.28. The molecular weight excluding hydrogens is 386 g/mol. The lowest BCUT2D eigenvalue weighted by molar-refractivity contribution is 0.375. The van der Waals surface area contributed by atoms with Crippen molar-refractivity contribution in [2.45, 2.75) is 11.4 Å². The number of benzene rings is 2. The van der Waals surface area contributed by atoms with E-state index in [1.807, 2.05) is 0 Å². The second-order valence-electron chi connectivity index (χ2n) is 5.59. The Morgan fingerprint density at radius 1 is 1.00 bits per heavy atom. The molecule has 0 bridgehead atoms. The second kappa shape index (κ2) is 8.28. The van der Waals surface area contributed by atoms with Gasteiger partial charge in [-0.1, -0.05) is 17.3 Å². The summed E-state index contributed by atoms with van der Waals surface area (Å²) in [6.45, 7) is -0.181. The van der Waals surface area contributed by atoms with E-state index in [0.29, 0.717) is 22.9 Å². The normalized spacial score (nSPS) is 11.2. The molecule has 2 aromatic carbocycles. The van der Waals surface area contributed by atoms with Crippen LogP contribution in [0.2, 0.25) is 0 Å². The first-order valence-corrected chi connectivity index (χ1v) is 9.64. The molecule has 0 atom stereocenters.